The van der Waals surface area contributed by atoms with Gasteiger partial charge in [-0.15, -0.1) is 0 Å². The molecule has 1 aromatic carbocycles. The molecule has 0 unspecified atom stereocenters. The van der Waals surface area contributed by atoms with Crippen molar-refractivity contribution in [3.8, 4) is 11.4 Å². The SMILES string of the molecule is CCCNc1nc(-c2ccc(Cl)c(F)c2)nc(C)c1C. The highest BCUT2D eigenvalue weighted by molar-refractivity contribution is 6.30. The third kappa shape index (κ3) is 3.07. The van der Waals surface area contributed by atoms with E-state index < -0.39 is 5.82 Å². The highest BCUT2D eigenvalue weighted by atomic mass is 35.5. The van der Waals surface area contributed by atoms with Crippen LogP contribution in [0.3, 0.4) is 0 Å². The summed E-state index contributed by atoms with van der Waals surface area (Å²) in [6.45, 7) is 6.82. The fourth-order valence-corrected chi connectivity index (χ4v) is 1.93. The molecule has 0 saturated carbocycles. The highest BCUT2D eigenvalue weighted by Gasteiger charge is 2.11. The molecular formula is C15H17ClFN3. The van der Waals surface area contributed by atoms with Crippen LogP contribution >= 0.6 is 11.6 Å². The Morgan fingerprint density at radius 2 is 2.00 bits per heavy atom. The van der Waals surface area contributed by atoms with Crippen LogP contribution < -0.4 is 5.32 Å². The Morgan fingerprint density at radius 3 is 2.65 bits per heavy atom. The summed E-state index contributed by atoms with van der Waals surface area (Å²) in [7, 11) is 0. The van der Waals surface area contributed by atoms with Crippen molar-refractivity contribution in [2.75, 3.05) is 11.9 Å². The summed E-state index contributed by atoms with van der Waals surface area (Å²) in [5.41, 5.74) is 2.51. The number of rotatable bonds is 4. The van der Waals surface area contributed by atoms with Crippen LogP contribution in [0.1, 0.15) is 24.6 Å². The van der Waals surface area contributed by atoms with Crippen molar-refractivity contribution >= 4 is 17.4 Å². The van der Waals surface area contributed by atoms with Crippen LogP contribution in [0.15, 0.2) is 18.2 Å². The number of nitrogens with zero attached hydrogens (tertiary/aromatic N) is 2. The Kier molecular flexibility index (Phi) is 4.55. The van der Waals surface area contributed by atoms with Gasteiger partial charge in [0.25, 0.3) is 0 Å². The van der Waals surface area contributed by atoms with Crippen molar-refractivity contribution in [2.45, 2.75) is 27.2 Å². The molecule has 0 saturated heterocycles. The lowest BCUT2D eigenvalue weighted by Gasteiger charge is -2.12. The Hall–Kier alpha value is -1.68. The van der Waals surface area contributed by atoms with Crippen LogP contribution in [-0.2, 0) is 0 Å². The summed E-state index contributed by atoms with van der Waals surface area (Å²) in [5.74, 6) is 0.834. The van der Waals surface area contributed by atoms with E-state index in [4.69, 9.17) is 11.6 Å². The summed E-state index contributed by atoms with van der Waals surface area (Å²) < 4.78 is 13.5. The van der Waals surface area contributed by atoms with Gasteiger partial charge >= 0.3 is 0 Å². The first-order valence-corrected chi connectivity index (χ1v) is 6.95. The summed E-state index contributed by atoms with van der Waals surface area (Å²) in [5, 5.41) is 3.37. The van der Waals surface area contributed by atoms with Crippen molar-refractivity contribution < 1.29 is 4.39 Å². The van der Waals surface area contributed by atoms with Gasteiger partial charge in [-0.3, -0.25) is 0 Å². The molecule has 0 fully saturated rings. The molecule has 1 N–H and O–H groups in total. The van der Waals surface area contributed by atoms with Gasteiger partial charge in [-0.2, -0.15) is 0 Å². The molecule has 106 valence electrons. The first-order valence-electron chi connectivity index (χ1n) is 6.57. The summed E-state index contributed by atoms with van der Waals surface area (Å²) in [4.78, 5) is 8.90. The molecule has 0 aliphatic heterocycles. The first-order chi connectivity index (χ1) is 9.52. The van der Waals surface area contributed by atoms with Crippen LogP contribution in [-0.4, -0.2) is 16.5 Å². The number of anilines is 1. The summed E-state index contributed by atoms with van der Waals surface area (Å²) in [6.07, 6.45) is 1.01. The van der Waals surface area contributed by atoms with Gasteiger partial charge in [-0.05, 0) is 38.5 Å². The Bertz CT molecular complexity index is 629. The molecule has 0 aliphatic carbocycles. The van der Waals surface area contributed by atoms with Gasteiger partial charge in [-0.25, -0.2) is 14.4 Å². The number of nitrogens with one attached hydrogen (secondary N) is 1. The van der Waals surface area contributed by atoms with E-state index in [1.165, 1.54) is 12.1 Å². The minimum absolute atomic E-state index is 0.0990. The maximum Gasteiger partial charge on any atom is 0.161 e. The van der Waals surface area contributed by atoms with E-state index in [2.05, 4.69) is 22.2 Å². The average molecular weight is 294 g/mol. The van der Waals surface area contributed by atoms with Gasteiger partial charge in [0.15, 0.2) is 5.82 Å². The quantitative estimate of drug-likeness (QED) is 0.909. The fraction of sp³-hybridized carbons (Fsp3) is 0.333. The smallest absolute Gasteiger partial charge is 0.161 e. The van der Waals surface area contributed by atoms with Crippen LogP contribution in [0.5, 0.6) is 0 Å². The Balaban J connectivity index is 2.45. The second kappa shape index (κ2) is 6.18. The molecule has 2 aromatic rings. The van der Waals surface area contributed by atoms with Crippen molar-refractivity contribution in [3.05, 3.63) is 40.3 Å². The molecule has 3 nitrogen and oxygen atoms in total. The Labute approximate surface area is 123 Å². The lowest BCUT2D eigenvalue weighted by molar-refractivity contribution is 0.628. The Morgan fingerprint density at radius 1 is 1.25 bits per heavy atom. The maximum atomic E-state index is 13.5. The van der Waals surface area contributed by atoms with Crippen LogP contribution in [0.4, 0.5) is 10.2 Å². The van der Waals surface area contributed by atoms with Gasteiger partial charge in [0, 0.05) is 23.4 Å². The molecule has 1 heterocycles. The molecule has 0 aliphatic rings. The largest absolute Gasteiger partial charge is 0.370 e. The second-order valence-corrected chi connectivity index (χ2v) is 5.07. The monoisotopic (exact) mass is 293 g/mol. The predicted molar refractivity (Wildman–Crippen MR) is 80.7 cm³/mol. The third-order valence-corrected chi connectivity index (χ3v) is 3.42. The molecule has 5 heteroatoms. The standard InChI is InChI=1S/C15H17ClFN3/c1-4-7-18-14-9(2)10(3)19-15(20-14)11-5-6-12(16)13(17)8-11/h5-6,8H,4,7H2,1-3H3,(H,18,19,20). The number of halogens is 2. The average Bonchev–Trinajstić information content (AvgIpc) is 2.43. The molecule has 0 spiro atoms. The van der Waals surface area contributed by atoms with E-state index in [1.807, 2.05) is 13.8 Å². The van der Waals surface area contributed by atoms with E-state index in [-0.39, 0.29) is 5.02 Å². The first kappa shape index (κ1) is 14.7. The van der Waals surface area contributed by atoms with E-state index in [1.54, 1.807) is 6.07 Å². The number of benzene rings is 1. The number of aromatic nitrogens is 2. The van der Waals surface area contributed by atoms with E-state index in [9.17, 15) is 4.39 Å². The normalized spacial score (nSPS) is 10.7. The van der Waals surface area contributed by atoms with Crippen molar-refractivity contribution in [1.82, 2.24) is 9.97 Å². The lowest BCUT2D eigenvalue weighted by Crippen LogP contribution is -2.07. The summed E-state index contributed by atoms with van der Waals surface area (Å²) >= 11 is 5.70. The van der Waals surface area contributed by atoms with Gasteiger partial charge < -0.3 is 5.32 Å². The third-order valence-electron chi connectivity index (χ3n) is 3.11. The summed E-state index contributed by atoms with van der Waals surface area (Å²) in [6, 6.07) is 4.60. The van der Waals surface area contributed by atoms with Gasteiger partial charge in [0.2, 0.25) is 0 Å². The highest BCUT2D eigenvalue weighted by Crippen LogP contribution is 2.24. The molecule has 0 amide bonds. The molecule has 0 radical (unpaired) electrons. The van der Waals surface area contributed by atoms with Gasteiger partial charge in [0.1, 0.15) is 11.6 Å². The van der Waals surface area contributed by atoms with E-state index >= 15 is 0 Å². The molecule has 0 atom stereocenters. The van der Waals surface area contributed by atoms with E-state index in [0.717, 1.165) is 30.0 Å². The van der Waals surface area contributed by atoms with Crippen LogP contribution in [0.25, 0.3) is 11.4 Å². The van der Waals surface area contributed by atoms with Crippen molar-refractivity contribution in [1.29, 1.82) is 0 Å². The lowest BCUT2D eigenvalue weighted by atomic mass is 10.1. The fourth-order valence-electron chi connectivity index (χ4n) is 1.81. The van der Waals surface area contributed by atoms with Gasteiger partial charge in [-0.1, -0.05) is 18.5 Å². The van der Waals surface area contributed by atoms with Crippen LogP contribution in [0, 0.1) is 19.7 Å². The topological polar surface area (TPSA) is 37.8 Å². The second-order valence-electron chi connectivity index (χ2n) is 4.66. The number of hydrogen-bond acceptors (Lipinski definition) is 3. The number of aryl methyl sites for hydroxylation is 1. The minimum Gasteiger partial charge on any atom is -0.370 e. The molecule has 1 aromatic heterocycles. The number of hydrogen-bond donors (Lipinski definition) is 1. The zero-order chi connectivity index (χ0) is 14.7. The molecule has 20 heavy (non-hydrogen) atoms. The van der Waals surface area contributed by atoms with E-state index in [0.29, 0.717) is 11.4 Å². The molecule has 0 bridgehead atoms. The van der Waals surface area contributed by atoms with Crippen LogP contribution in [0.2, 0.25) is 5.02 Å². The van der Waals surface area contributed by atoms with Gasteiger partial charge in [0.05, 0.1) is 5.02 Å². The predicted octanol–water partition coefficient (Wildman–Crippen LogP) is 4.37. The maximum absolute atomic E-state index is 13.5. The van der Waals surface area contributed by atoms with Crippen molar-refractivity contribution in [2.24, 2.45) is 0 Å². The molecule has 2 rings (SSSR count). The zero-order valence-electron chi connectivity index (χ0n) is 11.8. The molecular weight excluding hydrogens is 277 g/mol. The van der Waals surface area contributed by atoms with Crippen molar-refractivity contribution in [3.63, 3.8) is 0 Å². The minimum atomic E-state index is -0.464. The zero-order valence-corrected chi connectivity index (χ0v) is 12.6.